The van der Waals surface area contributed by atoms with Gasteiger partial charge < -0.3 is 15.0 Å². The minimum Gasteiger partial charge on any atom is -0.484 e. The van der Waals surface area contributed by atoms with Gasteiger partial charge in [-0.15, -0.1) is 0 Å². The molecule has 2 rings (SSSR count). The second kappa shape index (κ2) is 11.2. The highest BCUT2D eigenvalue weighted by Crippen LogP contribution is 2.22. The van der Waals surface area contributed by atoms with Crippen LogP contribution in [0.1, 0.15) is 43.9 Å². The molecule has 30 heavy (non-hydrogen) atoms. The van der Waals surface area contributed by atoms with Crippen molar-refractivity contribution >= 4 is 27.7 Å². The topological polar surface area (TPSA) is 58.6 Å². The molecule has 2 aromatic rings. The van der Waals surface area contributed by atoms with E-state index in [0.717, 1.165) is 27.6 Å². The Kier molecular flexibility index (Phi) is 8.90. The number of ether oxygens (including phenoxy) is 1. The molecule has 0 aromatic heterocycles. The third-order valence-corrected chi connectivity index (χ3v) is 6.15. The third-order valence-electron chi connectivity index (χ3n) is 5.26. The van der Waals surface area contributed by atoms with Crippen LogP contribution in [0.3, 0.4) is 0 Å². The van der Waals surface area contributed by atoms with Gasteiger partial charge in [-0.2, -0.15) is 0 Å². The summed E-state index contributed by atoms with van der Waals surface area (Å²) in [5, 5.41) is 2.97. The summed E-state index contributed by atoms with van der Waals surface area (Å²) in [6.45, 7) is 9.92. The molecule has 0 aliphatic carbocycles. The standard InChI is InChI=1S/C24H31BrN2O3/c1-6-18(4)26-24(29)19(5)27(14-20-10-8-7-9-16(20)2)23(28)15-30-21-11-12-22(25)17(3)13-21/h7-13,18-19H,6,14-15H2,1-5H3,(H,26,29)/t18-,19+/m0/s1. The molecular formula is C24H31BrN2O3. The number of nitrogens with one attached hydrogen (secondary N) is 1. The fraction of sp³-hybridized carbons (Fsp3) is 0.417. The molecule has 0 saturated carbocycles. The fourth-order valence-electron chi connectivity index (χ4n) is 2.95. The van der Waals surface area contributed by atoms with Crippen molar-refractivity contribution in [3.8, 4) is 5.75 Å². The van der Waals surface area contributed by atoms with Crippen molar-refractivity contribution < 1.29 is 14.3 Å². The normalized spacial score (nSPS) is 12.7. The van der Waals surface area contributed by atoms with E-state index in [1.54, 1.807) is 11.8 Å². The number of amides is 2. The van der Waals surface area contributed by atoms with Crippen LogP contribution in [-0.2, 0) is 16.1 Å². The lowest BCUT2D eigenvalue weighted by Crippen LogP contribution is -2.50. The van der Waals surface area contributed by atoms with Gasteiger partial charge in [0.25, 0.3) is 5.91 Å². The average molecular weight is 475 g/mol. The van der Waals surface area contributed by atoms with Gasteiger partial charge in [-0.1, -0.05) is 47.1 Å². The van der Waals surface area contributed by atoms with Crippen LogP contribution in [-0.4, -0.2) is 35.4 Å². The zero-order valence-corrected chi connectivity index (χ0v) is 20.0. The van der Waals surface area contributed by atoms with Gasteiger partial charge in [0.1, 0.15) is 11.8 Å². The van der Waals surface area contributed by atoms with E-state index in [1.807, 2.05) is 70.2 Å². The average Bonchev–Trinajstić information content (AvgIpc) is 2.73. The monoisotopic (exact) mass is 474 g/mol. The van der Waals surface area contributed by atoms with Crippen LogP contribution in [0.5, 0.6) is 5.75 Å². The number of aryl methyl sites for hydroxylation is 2. The van der Waals surface area contributed by atoms with Crippen molar-refractivity contribution in [3.05, 3.63) is 63.6 Å². The molecule has 0 unspecified atom stereocenters. The molecule has 5 nitrogen and oxygen atoms in total. The van der Waals surface area contributed by atoms with Gasteiger partial charge in [-0.05, 0) is 69.0 Å². The van der Waals surface area contributed by atoms with Gasteiger partial charge in [0, 0.05) is 17.1 Å². The number of hydrogen-bond donors (Lipinski definition) is 1. The van der Waals surface area contributed by atoms with Crippen LogP contribution in [0.2, 0.25) is 0 Å². The zero-order chi connectivity index (χ0) is 22.3. The zero-order valence-electron chi connectivity index (χ0n) is 18.4. The highest BCUT2D eigenvalue weighted by molar-refractivity contribution is 9.10. The Balaban J connectivity index is 2.18. The summed E-state index contributed by atoms with van der Waals surface area (Å²) in [6, 6.07) is 12.9. The maximum atomic E-state index is 13.1. The fourth-order valence-corrected chi connectivity index (χ4v) is 3.20. The van der Waals surface area contributed by atoms with E-state index >= 15 is 0 Å². The van der Waals surface area contributed by atoms with Crippen molar-refractivity contribution in [2.75, 3.05) is 6.61 Å². The first kappa shape index (κ1) is 23.9. The Bertz CT molecular complexity index is 885. The van der Waals surface area contributed by atoms with Crippen LogP contribution in [0.25, 0.3) is 0 Å². The summed E-state index contributed by atoms with van der Waals surface area (Å²) in [5.41, 5.74) is 3.11. The van der Waals surface area contributed by atoms with Gasteiger partial charge >= 0.3 is 0 Å². The van der Waals surface area contributed by atoms with Crippen LogP contribution in [0, 0.1) is 13.8 Å². The molecule has 0 heterocycles. The van der Waals surface area contributed by atoms with Crippen LogP contribution in [0.4, 0.5) is 0 Å². The van der Waals surface area contributed by atoms with Crippen molar-refractivity contribution in [2.24, 2.45) is 0 Å². The van der Waals surface area contributed by atoms with E-state index < -0.39 is 6.04 Å². The first-order valence-corrected chi connectivity index (χ1v) is 11.1. The van der Waals surface area contributed by atoms with Gasteiger partial charge in [-0.3, -0.25) is 9.59 Å². The van der Waals surface area contributed by atoms with E-state index in [-0.39, 0.29) is 24.5 Å². The number of rotatable bonds is 9. The van der Waals surface area contributed by atoms with Gasteiger partial charge in [0.2, 0.25) is 5.91 Å². The van der Waals surface area contributed by atoms with Crippen LogP contribution < -0.4 is 10.1 Å². The van der Waals surface area contributed by atoms with Crippen molar-refractivity contribution in [1.29, 1.82) is 0 Å². The molecule has 2 aromatic carbocycles. The van der Waals surface area contributed by atoms with E-state index in [2.05, 4.69) is 21.2 Å². The number of hydrogen-bond acceptors (Lipinski definition) is 3. The first-order chi connectivity index (χ1) is 14.2. The molecule has 0 aliphatic rings. The lowest BCUT2D eigenvalue weighted by molar-refractivity contribution is -0.142. The number of benzene rings is 2. The minimum atomic E-state index is -0.610. The molecule has 0 aliphatic heterocycles. The summed E-state index contributed by atoms with van der Waals surface area (Å²) in [6.07, 6.45) is 0.830. The molecule has 162 valence electrons. The molecule has 0 saturated heterocycles. The quantitative estimate of drug-likeness (QED) is 0.568. The predicted molar refractivity (Wildman–Crippen MR) is 123 cm³/mol. The van der Waals surface area contributed by atoms with E-state index in [0.29, 0.717) is 12.3 Å². The van der Waals surface area contributed by atoms with Crippen molar-refractivity contribution in [3.63, 3.8) is 0 Å². The third kappa shape index (κ3) is 6.59. The minimum absolute atomic E-state index is 0.0531. The molecule has 0 radical (unpaired) electrons. The second-order valence-corrected chi connectivity index (χ2v) is 8.50. The molecule has 1 N–H and O–H groups in total. The van der Waals surface area contributed by atoms with Gasteiger partial charge in [0.05, 0.1) is 0 Å². The van der Waals surface area contributed by atoms with E-state index in [4.69, 9.17) is 4.74 Å². The van der Waals surface area contributed by atoms with Crippen molar-refractivity contribution in [2.45, 2.75) is 59.7 Å². The molecule has 2 atom stereocenters. The second-order valence-electron chi connectivity index (χ2n) is 7.64. The largest absolute Gasteiger partial charge is 0.484 e. The lowest BCUT2D eigenvalue weighted by atomic mass is 10.1. The summed E-state index contributed by atoms with van der Waals surface area (Å²) < 4.78 is 6.72. The SMILES string of the molecule is CC[C@H](C)NC(=O)[C@@H](C)N(Cc1ccccc1C)C(=O)COc1ccc(Br)c(C)c1. The maximum absolute atomic E-state index is 13.1. The number of carbonyl (C=O) groups excluding carboxylic acids is 2. The molecule has 0 fully saturated rings. The molecule has 6 heteroatoms. The van der Waals surface area contributed by atoms with E-state index in [1.165, 1.54) is 0 Å². The Morgan fingerprint density at radius 3 is 2.43 bits per heavy atom. The number of carbonyl (C=O) groups is 2. The Labute approximate surface area is 187 Å². The highest BCUT2D eigenvalue weighted by atomic mass is 79.9. The Morgan fingerprint density at radius 1 is 1.10 bits per heavy atom. The van der Waals surface area contributed by atoms with Crippen molar-refractivity contribution in [1.82, 2.24) is 10.2 Å². The van der Waals surface area contributed by atoms with E-state index in [9.17, 15) is 9.59 Å². The Morgan fingerprint density at radius 2 is 1.80 bits per heavy atom. The molecule has 0 spiro atoms. The molecule has 0 bridgehead atoms. The first-order valence-electron chi connectivity index (χ1n) is 10.3. The summed E-state index contributed by atoms with van der Waals surface area (Å²) >= 11 is 3.46. The van der Waals surface area contributed by atoms with Crippen LogP contribution in [0.15, 0.2) is 46.9 Å². The lowest BCUT2D eigenvalue weighted by Gasteiger charge is -2.30. The summed E-state index contributed by atoms with van der Waals surface area (Å²) in [4.78, 5) is 27.4. The number of halogens is 1. The molecule has 2 amide bonds. The Hall–Kier alpha value is -2.34. The van der Waals surface area contributed by atoms with Crippen LogP contribution >= 0.6 is 15.9 Å². The predicted octanol–water partition coefficient (Wildman–Crippen LogP) is 4.78. The highest BCUT2D eigenvalue weighted by Gasteiger charge is 2.27. The molecular weight excluding hydrogens is 444 g/mol. The smallest absolute Gasteiger partial charge is 0.261 e. The summed E-state index contributed by atoms with van der Waals surface area (Å²) in [5.74, 6) is 0.230. The van der Waals surface area contributed by atoms with Gasteiger partial charge in [-0.25, -0.2) is 0 Å². The van der Waals surface area contributed by atoms with Gasteiger partial charge in [0.15, 0.2) is 6.61 Å². The summed E-state index contributed by atoms with van der Waals surface area (Å²) in [7, 11) is 0. The number of nitrogens with zero attached hydrogens (tertiary/aromatic N) is 1. The maximum Gasteiger partial charge on any atom is 0.261 e.